The SMILES string of the molecule is COc1c(C)nn(-c2cc(Cc3c(C)c(-c4ccc(C#N)cc4)nn3CC3CC3)ncn2)c1C. The normalized spacial score (nSPS) is 13.1. The molecule has 0 saturated heterocycles. The summed E-state index contributed by atoms with van der Waals surface area (Å²) in [6, 6.07) is 11.8. The van der Waals surface area contributed by atoms with Crippen molar-refractivity contribution in [3.8, 4) is 28.9 Å². The van der Waals surface area contributed by atoms with Gasteiger partial charge in [-0.1, -0.05) is 12.1 Å². The van der Waals surface area contributed by atoms with Crippen molar-refractivity contribution in [2.75, 3.05) is 7.11 Å². The van der Waals surface area contributed by atoms with Gasteiger partial charge in [-0.25, -0.2) is 14.6 Å². The van der Waals surface area contributed by atoms with Crippen LogP contribution >= 0.6 is 0 Å². The highest BCUT2D eigenvalue weighted by molar-refractivity contribution is 5.65. The molecule has 0 aliphatic heterocycles. The van der Waals surface area contributed by atoms with E-state index < -0.39 is 0 Å². The third-order valence-electron chi connectivity index (χ3n) is 6.44. The molecule has 3 heterocycles. The van der Waals surface area contributed by atoms with Crippen LogP contribution in [0.4, 0.5) is 0 Å². The Hall–Kier alpha value is -3.99. The molecule has 8 heteroatoms. The van der Waals surface area contributed by atoms with Gasteiger partial charge in [0, 0.05) is 30.3 Å². The van der Waals surface area contributed by atoms with Gasteiger partial charge in [0.05, 0.1) is 35.8 Å². The maximum atomic E-state index is 9.13. The molecule has 0 spiro atoms. The zero-order valence-electron chi connectivity index (χ0n) is 19.9. The molecule has 1 aromatic carbocycles. The van der Waals surface area contributed by atoms with Crippen molar-refractivity contribution >= 4 is 0 Å². The summed E-state index contributed by atoms with van der Waals surface area (Å²) in [5.74, 6) is 2.17. The fraction of sp³-hybridized carbons (Fsp3) is 0.346. The molecule has 0 unspecified atom stereocenters. The van der Waals surface area contributed by atoms with E-state index in [1.807, 2.05) is 44.2 Å². The first kappa shape index (κ1) is 21.8. The first-order chi connectivity index (χ1) is 16.5. The predicted octanol–water partition coefficient (Wildman–Crippen LogP) is 4.33. The number of ether oxygens (including phenoxy) is 1. The second-order valence-electron chi connectivity index (χ2n) is 8.90. The van der Waals surface area contributed by atoms with Gasteiger partial charge in [0.1, 0.15) is 12.0 Å². The van der Waals surface area contributed by atoms with E-state index in [0.29, 0.717) is 23.7 Å². The maximum Gasteiger partial charge on any atom is 0.163 e. The lowest BCUT2D eigenvalue weighted by molar-refractivity contribution is 0.408. The van der Waals surface area contributed by atoms with E-state index >= 15 is 0 Å². The van der Waals surface area contributed by atoms with Gasteiger partial charge < -0.3 is 4.74 Å². The highest BCUT2D eigenvalue weighted by Crippen LogP contribution is 2.33. The summed E-state index contributed by atoms with van der Waals surface area (Å²) in [6.45, 7) is 6.93. The van der Waals surface area contributed by atoms with Crippen LogP contribution in [0.25, 0.3) is 17.1 Å². The predicted molar refractivity (Wildman–Crippen MR) is 128 cm³/mol. The van der Waals surface area contributed by atoms with Crippen LogP contribution in [0.5, 0.6) is 5.75 Å². The minimum absolute atomic E-state index is 0.647. The van der Waals surface area contributed by atoms with Gasteiger partial charge in [-0.15, -0.1) is 0 Å². The maximum absolute atomic E-state index is 9.13. The van der Waals surface area contributed by atoms with Crippen molar-refractivity contribution < 1.29 is 4.74 Å². The van der Waals surface area contributed by atoms with Gasteiger partial charge in [-0.3, -0.25) is 4.68 Å². The fourth-order valence-electron chi connectivity index (χ4n) is 4.40. The summed E-state index contributed by atoms with van der Waals surface area (Å²) in [6.07, 6.45) is 4.74. The second-order valence-corrected chi connectivity index (χ2v) is 8.90. The van der Waals surface area contributed by atoms with E-state index in [-0.39, 0.29) is 0 Å². The standard InChI is InChI=1S/C26H27N7O/c1-16-23(11-22-12-24(29-15-28-22)33-18(3)26(34-4)17(2)30-33)32(14-20-5-6-20)31-25(16)21-9-7-19(13-27)8-10-21/h7-10,12,15,20H,5-6,11,14H2,1-4H3. The summed E-state index contributed by atoms with van der Waals surface area (Å²) in [7, 11) is 1.65. The summed E-state index contributed by atoms with van der Waals surface area (Å²) >= 11 is 0. The molecule has 1 aliphatic rings. The number of aryl methyl sites for hydroxylation is 1. The Morgan fingerprint density at radius 3 is 2.50 bits per heavy atom. The third kappa shape index (κ3) is 4.05. The van der Waals surface area contributed by atoms with Gasteiger partial charge in [-0.2, -0.15) is 15.5 Å². The summed E-state index contributed by atoms with van der Waals surface area (Å²) < 4.78 is 9.43. The Morgan fingerprint density at radius 2 is 1.85 bits per heavy atom. The van der Waals surface area contributed by atoms with Gasteiger partial charge in [0.15, 0.2) is 11.6 Å². The number of aromatic nitrogens is 6. The molecule has 1 fully saturated rings. The minimum Gasteiger partial charge on any atom is -0.493 e. The van der Waals surface area contributed by atoms with Crippen molar-refractivity contribution in [1.82, 2.24) is 29.5 Å². The number of nitrogens with zero attached hydrogens (tertiary/aromatic N) is 7. The molecule has 34 heavy (non-hydrogen) atoms. The zero-order chi connectivity index (χ0) is 23.8. The number of methoxy groups -OCH3 is 1. The van der Waals surface area contributed by atoms with Crippen LogP contribution in [0.1, 0.15) is 46.7 Å². The molecule has 3 aromatic heterocycles. The molecule has 0 radical (unpaired) electrons. The minimum atomic E-state index is 0.647. The molecule has 4 aromatic rings. The Balaban J connectivity index is 1.51. The highest BCUT2D eigenvalue weighted by Gasteiger charge is 2.25. The van der Waals surface area contributed by atoms with E-state index in [1.54, 1.807) is 18.1 Å². The van der Waals surface area contributed by atoms with E-state index in [2.05, 4.69) is 32.7 Å². The Morgan fingerprint density at radius 1 is 1.09 bits per heavy atom. The fourth-order valence-corrected chi connectivity index (χ4v) is 4.40. The van der Waals surface area contributed by atoms with Gasteiger partial charge in [0.2, 0.25) is 0 Å². The van der Waals surface area contributed by atoms with Crippen LogP contribution in [-0.4, -0.2) is 36.6 Å². The molecule has 5 rings (SSSR count). The van der Waals surface area contributed by atoms with Crippen LogP contribution < -0.4 is 4.74 Å². The molecule has 1 saturated carbocycles. The topological polar surface area (TPSA) is 94.4 Å². The number of hydrogen-bond donors (Lipinski definition) is 0. The molecule has 8 nitrogen and oxygen atoms in total. The molecule has 0 bridgehead atoms. The second kappa shape index (κ2) is 8.75. The molecule has 0 amide bonds. The van der Waals surface area contributed by atoms with Crippen LogP contribution in [0.3, 0.4) is 0 Å². The largest absolute Gasteiger partial charge is 0.493 e. The Bertz CT molecular complexity index is 1390. The summed E-state index contributed by atoms with van der Waals surface area (Å²) in [5.41, 5.74) is 7.55. The lowest BCUT2D eigenvalue weighted by Gasteiger charge is -2.09. The molecular formula is C26H27N7O. The third-order valence-corrected chi connectivity index (χ3v) is 6.44. The van der Waals surface area contributed by atoms with Gasteiger partial charge in [-0.05, 0) is 57.2 Å². The Kier molecular flexibility index (Phi) is 5.62. The molecular weight excluding hydrogens is 426 g/mol. The van der Waals surface area contributed by atoms with E-state index in [1.165, 1.54) is 12.8 Å². The average molecular weight is 454 g/mol. The van der Waals surface area contributed by atoms with Crippen molar-refractivity contribution in [2.24, 2.45) is 5.92 Å². The average Bonchev–Trinajstić information content (AvgIpc) is 3.56. The molecule has 0 N–H and O–H groups in total. The van der Waals surface area contributed by atoms with Gasteiger partial charge >= 0.3 is 0 Å². The lowest BCUT2D eigenvalue weighted by atomic mass is 10.0. The van der Waals surface area contributed by atoms with Crippen LogP contribution in [-0.2, 0) is 13.0 Å². The van der Waals surface area contributed by atoms with Crippen LogP contribution in [0.15, 0.2) is 36.7 Å². The molecule has 0 atom stereocenters. The Labute approximate surface area is 198 Å². The van der Waals surface area contributed by atoms with E-state index in [9.17, 15) is 0 Å². The van der Waals surface area contributed by atoms with Gasteiger partial charge in [0.25, 0.3) is 0 Å². The first-order valence-corrected chi connectivity index (χ1v) is 11.5. The lowest BCUT2D eigenvalue weighted by Crippen LogP contribution is -2.10. The van der Waals surface area contributed by atoms with E-state index in [0.717, 1.165) is 51.9 Å². The number of hydrogen-bond acceptors (Lipinski definition) is 6. The van der Waals surface area contributed by atoms with Crippen LogP contribution in [0.2, 0.25) is 0 Å². The quantitative estimate of drug-likeness (QED) is 0.413. The number of rotatable bonds is 7. The van der Waals surface area contributed by atoms with Crippen molar-refractivity contribution in [3.05, 3.63) is 70.6 Å². The van der Waals surface area contributed by atoms with E-state index in [4.69, 9.17) is 15.1 Å². The van der Waals surface area contributed by atoms with Crippen molar-refractivity contribution in [1.29, 1.82) is 5.26 Å². The first-order valence-electron chi connectivity index (χ1n) is 11.5. The highest BCUT2D eigenvalue weighted by atomic mass is 16.5. The summed E-state index contributed by atoms with van der Waals surface area (Å²) in [5, 5.41) is 18.7. The zero-order valence-corrected chi connectivity index (χ0v) is 19.9. The summed E-state index contributed by atoms with van der Waals surface area (Å²) in [4.78, 5) is 9.02. The number of benzene rings is 1. The monoisotopic (exact) mass is 453 g/mol. The number of nitriles is 1. The van der Waals surface area contributed by atoms with Crippen molar-refractivity contribution in [3.63, 3.8) is 0 Å². The van der Waals surface area contributed by atoms with Crippen molar-refractivity contribution in [2.45, 2.75) is 46.6 Å². The smallest absolute Gasteiger partial charge is 0.163 e. The molecule has 172 valence electrons. The molecule has 1 aliphatic carbocycles. The van der Waals surface area contributed by atoms with Crippen LogP contribution in [0, 0.1) is 38.0 Å².